The average molecular weight is 539 g/mol. The highest BCUT2D eigenvalue weighted by Gasteiger charge is 2.23. The summed E-state index contributed by atoms with van der Waals surface area (Å²) in [5.41, 5.74) is 10.1. The molecule has 1 atom stereocenters. The van der Waals surface area contributed by atoms with E-state index in [1.54, 1.807) is 0 Å². The summed E-state index contributed by atoms with van der Waals surface area (Å²) < 4.78 is 6.59. The van der Waals surface area contributed by atoms with Gasteiger partial charge in [-0.25, -0.2) is 4.90 Å². The second kappa shape index (κ2) is 10.2. The first-order valence-corrected chi connectivity index (χ1v) is 14.4. The van der Waals surface area contributed by atoms with Gasteiger partial charge in [0.15, 0.2) is 0 Å². The second-order valence-corrected chi connectivity index (χ2v) is 10.7. The molecule has 0 saturated carbocycles. The highest BCUT2D eigenvalue weighted by atomic mass is 16.3. The number of quaternary nitrogens is 1. The van der Waals surface area contributed by atoms with E-state index in [4.69, 9.17) is 4.42 Å². The maximum absolute atomic E-state index is 6.59. The third-order valence-electron chi connectivity index (χ3n) is 8.19. The van der Waals surface area contributed by atoms with Crippen LogP contribution in [-0.4, -0.2) is 0 Å². The van der Waals surface area contributed by atoms with Crippen molar-refractivity contribution in [3.8, 4) is 22.3 Å². The van der Waals surface area contributed by atoms with Crippen molar-refractivity contribution in [1.29, 1.82) is 0 Å². The van der Waals surface area contributed by atoms with Crippen LogP contribution < -0.4 is 4.90 Å². The smallest absolute Gasteiger partial charge is 0.149 e. The molecule has 0 radical (unpaired) electrons. The fraction of sp³-hybridized carbons (Fsp3) is 0. The molecule has 42 heavy (non-hydrogen) atoms. The molecule has 1 heterocycles. The summed E-state index contributed by atoms with van der Waals surface area (Å²) >= 11 is 0. The Morgan fingerprint density at radius 2 is 1.07 bits per heavy atom. The molecule has 0 aliphatic carbocycles. The molecular weight excluding hydrogens is 510 g/mol. The molecule has 0 bridgehead atoms. The Kier molecular flexibility index (Phi) is 5.91. The Hall–Kier alpha value is -5.44. The third-order valence-corrected chi connectivity index (χ3v) is 8.19. The molecule has 0 saturated heterocycles. The maximum Gasteiger partial charge on any atom is 0.149 e. The summed E-state index contributed by atoms with van der Waals surface area (Å²) in [7, 11) is 0. The van der Waals surface area contributed by atoms with E-state index in [2.05, 4.69) is 164 Å². The lowest BCUT2D eigenvalue weighted by Crippen LogP contribution is -2.96. The quantitative estimate of drug-likeness (QED) is 0.231. The molecule has 8 rings (SSSR count). The number of rotatable bonds is 5. The molecule has 0 fully saturated rings. The fourth-order valence-corrected chi connectivity index (χ4v) is 6.20. The van der Waals surface area contributed by atoms with E-state index in [-0.39, 0.29) is 0 Å². The van der Waals surface area contributed by atoms with E-state index in [0.717, 1.165) is 33.1 Å². The van der Waals surface area contributed by atoms with Gasteiger partial charge in [-0.15, -0.1) is 0 Å². The zero-order valence-corrected chi connectivity index (χ0v) is 23.0. The van der Waals surface area contributed by atoms with Gasteiger partial charge in [0.25, 0.3) is 0 Å². The van der Waals surface area contributed by atoms with Crippen LogP contribution in [0.4, 0.5) is 17.1 Å². The molecule has 8 aromatic rings. The van der Waals surface area contributed by atoms with Crippen LogP contribution in [0.1, 0.15) is 0 Å². The van der Waals surface area contributed by atoms with Gasteiger partial charge in [0.2, 0.25) is 0 Å². The minimum absolute atomic E-state index is 0.894. The van der Waals surface area contributed by atoms with Crippen LogP contribution in [-0.2, 0) is 0 Å². The monoisotopic (exact) mass is 538 g/mol. The standard InChI is InChI=1S/C40H27NO/c1-3-12-28(13-4-1)30-16-9-17-31(26-30)35-21-11-22-36-37-27-33(24-25-39(37)42-40(35)36)41(32-18-5-2-6-19-32)38-23-10-15-29-14-7-8-20-34(29)38/h1-27H/p+1. The number of hydrogen-bond acceptors (Lipinski definition) is 1. The van der Waals surface area contributed by atoms with Crippen LogP contribution in [0, 0.1) is 0 Å². The van der Waals surface area contributed by atoms with E-state index < -0.39 is 0 Å². The SMILES string of the molecule is c1ccc(-c2cccc(-c3cccc4c3oc3ccc([NH+](c5ccccc5)c5cccc6ccccc56)cc34)c2)cc1. The number of fused-ring (bicyclic) bond motifs is 4. The number of para-hydroxylation sites is 2. The van der Waals surface area contributed by atoms with Gasteiger partial charge in [0, 0.05) is 39.9 Å². The van der Waals surface area contributed by atoms with E-state index in [0.29, 0.717) is 0 Å². The Morgan fingerprint density at radius 3 is 1.95 bits per heavy atom. The first-order chi connectivity index (χ1) is 20.8. The molecular formula is C40H28NO+. The molecule has 1 unspecified atom stereocenters. The highest BCUT2D eigenvalue weighted by Crippen LogP contribution is 2.38. The normalized spacial score (nSPS) is 12.2. The number of benzene rings is 7. The average Bonchev–Trinajstić information content (AvgIpc) is 3.44. The summed E-state index contributed by atoms with van der Waals surface area (Å²) in [4.78, 5) is 1.22. The van der Waals surface area contributed by atoms with E-state index in [1.807, 2.05) is 0 Å². The molecule has 0 aliphatic rings. The van der Waals surface area contributed by atoms with Gasteiger partial charge in [-0.2, -0.15) is 0 Å². The Morgan fingerprint density at radius 1 is 0.405 bits per heavy atom. The van der Waals surface area contributed by atoms with Crippen LogP contribution in [0.15, 0.2) is 168 Å². The summed E-state index contributed by atoms with van der Waals surface area (Å²) in [5, 5.41) is 4.73. The van der Waals surface area contributed by atoms with Crippen LogP contribution in [0.5, 0.6) is 0 Å². The van der Waals surface area contributed by atoms with Crippen molar-refractivity contribution in [2.24, 2.45) is 0 Å². The highest BCUT2D eigenvalue weighted by molar-refractivity contribution is 6.10. The van der Waals surface area contributed by atoms with Crippen molar-refractivity contribution < 1.29 is 9.32 Å². The third kappa shape index (κ3) is 4.17. The Balaban J connectivity index is 1.30. The van der Waals surface area contributed by atoms with Crippen molar-refractivity contribution in [3.05, 3.63) is 164 Å². The first-order valence-electron chi connectivity index (χ1n) is 14.4. The van der Waals surface area contributed by atoms with Gasteiger partial charge in [-0.05, 0) is 52.4 Å². The van der Waals surface area contributed by atoms with Gasteiger partial charge in [-0.1, -0.05) is 115 Å². The molecule has 1 N–H and O–H groups in total. The Bertz CT molecular complexity index is 2190. The maximum atomic E-state index is 6.59. The lowest BCUT2D eigenvalue weighted by molar-refractivity contribution is -0.679. The second-order valence-electron chi connectivity index (χ2n) is 10.7. The predicted octanol–water partition coefficient (Wildman–Crippen LogP) is 10.3. The van der Waals surface area contributed by atoms with Crippen LogP contribution in [0.3, 0.4) is 0 Å². The molecule has 2 nitrogen and oxygen atoms in total. The largest absolute Gasteiger partial charge is 0.455 e. The molecule has 0 amide bonds. The molecule has 7 aromatic carbocycles. The zero-order chi connectivity index (χ0) is 27.9. The minimum atomic E-state index is 0.894. The van der Waals surface area contributed by atoms with Crippen LogP contribution >= 0.6 is 0 Å². The summed E-state index contributed by atoms with van der Waals surface area (Å²) in [6.45, 7) is 0. The van der Waals surface area contributed by atoms with E-state index in [9.17, 15) is 0 Å². The minimum Gasteiger partial charge on any atom is -0.455 e. The van der Waals surface area contributed by atoms with Crippen LogP contribution in [0.25, 0.3) is 55.0 Å². The van der Waals surface area contributed by atoms with E-state index >= 15 is 0 Å². The van der Waals surface area contributed by atoms with Crippen molar-refractivity contribution >= 4 is 49.8 Å². The predicted molar refractivity (Wildman–Crippen MR) is 175 cm³/mol. The van der Waals surface area contributed by atoms with Gasteiger partial charge < -0.3 is 4.42 Å². The van der Waals surface area contributed by atoms with E-state index in [1.165, 1.54) is 43.9 Å². The van der Waals surface area contributed by atoms with Gasteiger partial charge in [0.1, 0.15) is 28.2 Å². The van der Waals surface area contributed by atoms with Crippen LogP contribution in [0.2, 0.25) is 0 Å². The topological polar surface area (TPSA) is 17.6 Å². The molecule has 198 valence electrons. The first kappa shape index (κ1) is 24.4. The number of hydrogen-bond donors (Lipinski definition) is 1. The summed E-state index contributed by atoms with van der Waals surface area (Å²) in [6.07, 6.45) is 0. The molecule has 0 spiro atoms. The molecule has 2 heteroatoms. The fourth-order valence-electron chi connectivity index (χ4n) is 6.20. The number of furan rings is 1. The molecule has 0 aliphatic heterocycles. The summed E-state index contributed by atoms with van der Waals surface area (Å²) in [6, 6.07) is 58.2. The molecule has 1 aromatic heterocycles. The van der Waals surface area contributed by atoms with Crippen molar-refractivity contribution in [2.45, 2.75) is 0 Å². The lowest BCUT2D eigenvalue weighted by Gasteiger charge is -2.20. The number of nitrogens with one attached hydrogen (secondary N) is 1. The van der Waals surface area contributed by atoms with Gasteiger partial charge in [-0.3, -0.25) is 0 Å². The lowest BCUT2D eigenvalue weighted by atomic mass is 9.97. The summed E-state index contributed by atoms with van der Waals surface area (Å²) in [5.74, 6) is 0. The van der Waals surface area contributed by atoms with Gasteiger partial charge in [0.05, 0.1) is 0 Å². The van der Waals surface area contributed by atoms with Gasteiger partial charge >= 0.3 is 0 Å². The zero-order valence-electron chi connectivity index (χ0n) is 23.0. The van der Waals surface area contributed by atoms with Crippen molar-refractivity contribution in [1.82, 2.24) is 0 Å². The van der Waals surface area contributed by atoms with Crippen molar-refractivity contribution in [2.75, 3.05) is 0 Å². The Labute approximate surface area is 244 Å². The van der Waals surface area contributed by atoms with Crippen molar-refractivity contribution in [3.63, 3.8) is 0 Å².